The highest BCUT2D eigenvalue weighted by Crippen LogP contribution is 2.12. The van der Waals surface area contributed by atoms with Gasteiger partial charge in [-0.3, -0.25) is 9.59 Å². The summed E-state index contributed by atoms with van der Waals surface area (Å²) in [6, 6.07) is 9.80. The van der Waals surface area contributed by atoms with E-state index in [2.05, 4.69) is 5.32 Å². The van der Waals surface area contributed by atoms with Crippen LogP contribution in [0.5, 0.6) is 0 Å². The predicted molar refractivity (Wildman–Crippen MR) is 84.3 cm³/mol. The second kappa shape index (κ2) is 6.92. The van der Waals surface area contributed by atoms with Crippen LogP contribution in [0.2, 0.25) is 0 Å². The average Bonchev–Trinajstić information content (AvgIpc) is 3.10. The van der Waals surface area contributed by atoms with Gasteiger partial charge in [0.15, 0.2) is 0 Å². The van der Waals surface area contributed by atoms with Gasteiger partial charge in [0.2, 0.25) is 11.8 Å². The van der Waals surface area contributed by atoms with E-state index in [-0.39, 0.29) is 17.9 Å². The molecule has 5 heteroatoms. The molecule has 118 valence electrons. The summed E-state index contributed by atoms with van der Waals surface area (Å²) >= 11 is 0. The molecule has 1 aromatic rings. The molecule has 22 heavy (non-hydrogen) atoms. The molecule has 1 N–H and O–H groups in total. The number of carbonyl (C=O) groups excluding carboxylic acids is 2. The van der Waals surface area contributed by atoms with Crippen LogP contribution in [0.15, 0.2) is 30.3 Å². The maximum atomic E-state index is 12.3. The summed E-state index contributed by atoms with van der Waals surface area (Å²) in [6.45, 7) is 3.52. The maximum absolute atomic E-state index is 12.3. The highest BCUT2D eigenvalue weighted by molar-refractivity contribution is 5.83. The van der Waals surface area contributed by atoms with E-state index in [9.17, 15) is 9.59 Å². The molecule has 2 fully saturated rings. The van der Waals surface area contributed by atoms with E-state index >= 15 is 0 Å². The van der Waals surface area contributed by atoms with Gasteiger partial charge in [0.1, 0.15) is 0 Å². The number of piperazine rings is 1. The minimum atomic E-state index is -0.00781. The van der Waals surface area contributed by atoms with Crippen LogP contribution in [-0.2, 0) is 16.0 Å². The number of nitrogens with zero attached hydrogens (tertiary/aromatic N) is 2. The quantitative estimate of drug-likeness (QED) is 0.892. The molecular formula is C17H23N3O2. The van der Waals surface area contributed by atoms with Gasteiger partial charge in [-0.2, -0.15) is 0 Å². The molecule has 2 heterocycles. The molecule has 0 bridgehead atoms. The summed E-state index contributed by atoms with van der Waals surface area (Å²) in [5.41, 5.74) is 1.04. The minimum Gasteiger partial charge on any atom is -0.339 e. The first-order valence-corrected chi connectivity index (χ1v) is 8.08. The van der Waals surface area contributed by atoms with Crippen molar-refractivity contribution in [3.05, 3.63) is 35.9 Å². The van der Waals surface area contributed by atoms with Gasteiger partial charge in [0.25, 0.3) is 0 Å². The highest BCUT2D eigenvalue weighted by atomic mass is 16.2. The molecule has 1 aromatic carbocycles. The Morgan fingerprint density at radius 2 is 1.73 bits per heavy atom. The summed E-state index contributed by atoms with van der Waals surface area (Å²) in [5.74, 6) is 0.352. The van der Waals surface area contributed by atoms with Gasteiger partial charge in [-0.25, -0.2) is 0 Å². The predicted octanol–water partition coefficient (Wildman–Crippen LogP) is 0.652. The lowest BCUT2D eigenvalue weighted by Gasteiger charge is -2.36. The van der Waals surface area contributed by atoms with Crippen LogP contribution < -0.4 is 5.32 Å². The Morgan fingerprint density at radius 1 is 1.05 bits per heavy atom. The standard InChI is InChI=1S/C17H23N3O2/c21-16(13-14-5-2-1-3-6-14)19-9-11-20(12-10-19)17(22)15-7-4-8-18-15/h1-3,5-6,15,18H,4,7-13H2. The number of hydrogen-bond donors (Lipinski definition) is 1. The van der Waals surface area contributed by atoms with Crippen molar-refractivity contribution in [3.8, 4) is 0 Å². The summed E-state index contributed by atoms with van der Waals surface area (Å²) < 4.78 is 0. The lowest BCUT2D eigenvalue weighted by atomic mass is 10.1. The zero-order valence-electron chi connectivity index (χ0n) is 12.8. The largest absolute Gasteiger partial charge is 0.339 e. The maximum Gasteiger partial charge on any atom is 0.239 e. The van der Waals surface area contributed by atoms with Crippen molar-refractivity contribution < 1.29 is 9.59 Å². The Kier molecular flexibility index (Phi) is 4.73. The molecule has 2 aliphatic rings. The van der Waals surface area contributed by atoms with Crippen molar-refractivity contribution in [2.24, 2.45) is 0 Å². The monoisotopic (exact) mass is 301 g/mol. The first-order valence-electron chi connectivity index (χ1n) is 8.08. The summed E-state index contributed by atoms with van der Waals surface area (Å²) in [4.78, 5) is 28.4. The van der Waals surface area contributed by atoms with Crippen LogP contribution >= 0.6 is 0 Å². The van der Waals surface area contributed by atoms with Crippen LogP contribution in [0.4, 0.5) is 0 Å². The van der Waals surface area contributed by atoms with Crippen molar-refractivity contribution in [2.75, 3.05) is 32.7 Å². The van der Waals surface area contributed by atoms with E-state index in [1.54, 1.807) is 0 Å². The Hall–Kier alpha value is -1.88. The first-order chi connectivity index (χ1) is 10.7. The van der Waals surface area contributed by atoms with Gasteiger partial charge >= 0.3 is 0 Å². The van der Waals surface area contributed by atoms with E-state index < -0.39 is 0 Å². The molecule has 1 atom stereocenters. The van der Waals surface area contributed by atoms with Crippen LogP contribution in [0.3, 0.4) is 0 Å². The highest BCUT2D eigenvalue weighted by Gasteiger charge is 2.30. The van der Waals surface area contributed by atoms with Gasteiger partial charge in [-0.05, 0) is 24.9 Å². The molecule has 5 nitrogen and oxygen atoms in total. The normalized spacial score (nSPS) is 21.9. The molecule has 0 aliphatic carbocycles. The molecule has 1 unspecified atom stereocenters. The Bertz CT molecular complexity index is 518. The molecule has 2 aliphatic heterocycles. The van der Waals surface area contributed by atoms with E-state index in [1.165, 1.54) is 0 Å². The van der Waals surface area contributed by atoms with Crippen molar-refractivity contribution in [1.82, 2.24) is 15.1 Å². The molecule has 0 radical (unpaired) electrons. The van der Waals surface area contributed by atoms with Crippen molar-refractivity contribution in [1.29, 1.82) is 0 Å². The lowest BCUT2D eigenvalue weighted by molar-refractivity contribution is -0.140. The van der Waals surface area contributed by atoms with Crippen molar-refractivity contribution in [3.63, 3.8) is 0 Å². The second-order valence-electron chi connectivity index (χ2n) is 6.02. The van der Waals surface area contributed by atoms with E-state index in [4.69, 9.17) is 0 Å². The van der Waals surface area contributed by atoms with Gasteiger partial charge in [0.05, 0.1) is 12.5 Å². The van der Waals surface area contributed by atoms with E-state index in [0.29, 0.717) is 32.6 Å². The van der Waals surface area contributed by atoms with Gasteiger partial charge < -0.3 is 15.1 Å². The number of hydrogen-bond acceptors (Lipinski definition) is 3. The zero-order valence-corrected chi connectivity index (χ0v) is 12.8. The minimum absolute atomic E-state index is 0.00781. The number of amides is 2. The Balaban J connectivity index is 1.48. The van der Waals surface area contributed by atoms with Crippen LogP contribution in [-0.4, -0.2) is 60.4 Å². The number of carbonyl (C=O) groups is 2. The third-order valence-corrected chi connectivity index (χ3v) is 4.50. The molecule has 2 amide bonds. The van der Waals surface area contributed by atoms with Crippen LogP contribution in [0.1, 0.15) is 18.4 Å². The fourth-order valence-corrected chi connectivity index (χ4v) is 3.17. The SMILES string of the molecule is O=C(Cc1ccccc1)N1CCN(C(=O)C2CCCN2)CC1. The average molecular weight is 301 g/mol. The number of benzene rings is 1. The van der Waals surface area contributed by atoms with Crippen LogP contribution in [0.25, 0.3) is 0 Å². The van der Waals surface area contributed by atoms with Crippen LogP contribution in [0, 0.1) is 0 Å². The number of nitrogens with one attached hydrogen (secondary N) is 1. The number of rotatable bonds is 3. The lowest BCUT2D eigenvalue weighted by Crippen LogP contribution is -2.54. The molecular weight excluding hydrogens is 278 g/mol. The molecule has 0 saturated carbocycles. The summed E-state index contributed by atoms with van der Waals surface area (Å²) in [7, 11) is 0. The van der Waals surface area contributed by atoms with E-state index in [1.807, 2.05) is 40.1 Å². The van der Waals surface area contributed by atoms with E-state index in [0.717, 1.165) is 24.9 Å². The molecule has 2 saturated heterocycles. The Labute approximate surface area is 131 Å². The first kappa shape index (κ1) is 15.0. The molecule has 3 rings (SSSR count). The smallest absolute Gasteiger partial charge is 0.239 e. The van der Waals surface area contributed by atoms with Crippen molar-refractivity contribution in [2.45, 2.75) is 25.3 Å². The third-order valence-electron chi connectivity index (χ3n) is 4.50. The zero-order chi connectivity index (χ0) is 15.4. The third kappa shape index (κ3) is 3.47. The van der Waals surface area contributed by atoms with Crippen molar-refractivity contribution >= 4 is 11.8 Å². The van der Waals surface area contributed by atoms with Gasteiger partial charge in [-0.15, -0.1) is 0 Å². The van der Waals surface area contributed by atoms with Gasteiger partial charge in [-0.1, -0.05) is 30.3 Å². The van der Waals surface area contributed by atoms with Gasteiger partial charge in [0, 0.05) is 26.2 Å². The molecule has 0 spiro atoms. The Morgan fingerprint density at radius 3 is 2.36 bits per heavy atom. The fourth-order valence-electron chi connectivity index (χ4n) is 3.17. The summed E-state index contributed by atoms with van der Waals surface area (Å²) in [6.07, 6.45) is 2.46. The second-order valence-corrected chi connectivity index (χ2v) is 6.02. The fraction of sp³-hybridized carbons (Fsp3) is 0.529. The summed E-state index contributed by atoms with van der Waals surface area (Å²) in [5, 5.41) is 3.25. The topological polar surface area (TPSA) is 52.7 Å². The molecule has 0 aromatic heterocycles.